The Bertz CT molecular complexity index is 1510. The molecule has 2 unspecified atom stereocenters. The molecule has 5 aromatic rings. The number of methoxy groups -OCH3 is 1. The van der Waals surface area contributed by atoms with Gasteiger partial charge in [0.1, 0.15) is 17.3 Å². The number of hydrogen-bond donors (Lipinski definition) is 0. The first-order chi connectivity index (χ1) is 18.1. The van der Waals surface area contributed by atoms with Crippen molar-refractivity contribution < 1.29 is 13.7 Å². The smallest absolute Gasteiger partial charge is 0.174 e. The zero-order valence-electron chi connectivity index (χ0n) is 20.8. The summed E-state index contributed by atoms with van der Waals surface area (Å²) >= 11 is 0. The van der Waals surface area contributed by atoms with Crippen LogP contribution in [0.3, 0.4) is 0 Å². The van der Waals surface area contributed by atoms with E-state index in [1.54, 1.807) is 7.11 Å². The molecule has 0 N–H and O–H groups in total. The second-order valence-electron chi connectivity index (χ2n) is 8.52. The molecule has 186 valence electrons. The summed E-state index contributed by atoms with van der Waals surface area (Å²) < 4.78 is 24.8. The molecule has 2 atom stereocenters. The number of para-hydroxylation sites is 2. The third kappa shape index (κ3) is 5.49. The van der Waals surface area contributed by atoms with Gasteiger partial charge >= 0.3 is 0 Å². The molecule has 0 aliphatic carbocycles. The Kier molecular flexibility index (Phi) is 7.47. The molecule has 0 saturated heterocycles. The second-order valence-corrected chi connectivity index (χ2v) is 10.3. The van der Waals surface area contributed by atoms with Crippen LogP contribution in [0.5, 0.6) is 11.5 Å². The minimum Gasteiger partial charge on any atom is -0.496 e. The van der Waals surface area contributed by atoms with E-state index in [0.29, 0.717) is 12.3 Å². The van der Waals surface area contributed by atoms with E-state index in [1.165, 1.54) is 0 Å². The van der Waals surface area contributed by atoms with E-state index < -0.39 is 16.2 Å². The molecule has 0 bridgehead atoms. The number of pyridine rings is 1. The monoisotopic (exact) mass is 508 g/mol. The SMILES string of the molecule is COc1ccccc1CN(c1ccccc1)c1ccc2c(OC(C)S(=O)c3ccccc3)cccc2n1. The molecule has 0 spiro atoms. The molecule has 1 aromatic heterocycles. The molecule has 37 heavy (non-hydrogen) atoms. The molecule has 0 fully saturated rings. The van der Waals surface area contributed by atoms with Crippen LogP contribution in [0.15, 0.2) is 120 Å². The first-order valence-electron chi connectivity index (χ1n) is 12.1. The number of nitrogens with zero attached hydrogens (tertiary/aromatic N) is 2. The van der Waals surface area contributed by atoms with E-state index >= 15 is 0 Å². The Morgan fingerprint density at radius 1 is 0.784 bits per heavy atom. The minimum atomic E-state index is -1.30. The van der Waals surface area contributed by atoms with Crippen molar-refractivity contribution in [3.05, 3.63) is 121 Å². The number of fused-ring (bicyclic) bond motifs is 1. The minimum absolute atomic E-state index is 0.515. The number of aromatic nitrogens is 1. The van der Waals surface area contributed by atoms with Crippen molar-refractivity contribution in [2.24, 2.45) is 0 Å². The average Bonchev–Trinajstić information content (AvgIpc) is 2.96. The number of hydrogen-bond acceptors (Lipinski definition) is 5. The number of rotatable bonds is 9. The number of anilines is 2. The summed E-state index contributed by atoms with van der Waals surface area (Å²) in [5, 5.41) is 0.869. The van der Waals surface area contributed by atoms with E-state index in [9.17, 15) is 4.21 Å². The van der Waals surface area contributed by atoms with Crippen LogP contribution in [-0.4, -0.2) is 21.7 Å². The molecule has 6 heteroatoms. The van der Waals surface area contributed by atoms with Crippen molar-refractivity contribution in [3.63, 3.8) is 0 Å². The van der Waals surface area contributed by atoms with E-state index in [2.05, 4.69) is 23.1 Å². The summed E-state index contributed by atoms with van der Waals surface area (Å²) in [6, 6.07) is 37.4. The normalized spacial score (nSPS) is 12.6. The fourth-order valence-corrected chi connectivity index (χ4v) is 5.25. The number of ether oxygens (including phenoxy) is 2. The highest BCUT2D eigenvalue weighted by Gasteiger charge is 2.18. The highest BCUT2D eigenvalue weighted by Crippen LogP contribution is 2.33. The molecule has 0 aliphatic heterocycles. The van der Waals surface area contributed by atoms with Gasteiger partial charge in [0.15, 0.2) is 5.44 Å². The van der Waals surface area contributed by atoms with Crippen molar-refractivity contribution in [2.75, 3.05) is 12.0 Å². The van der Waals surface area contributed by atoms with E-state index in [-0.39, 0.29) is 0 Å². The van der Waals surface area contributed by atoms with Crippen LogP contribution in [0.1, 0.15) is 12.5 Å². The van der Waals surface area contributed by atoms with Crippen LogP contribution in [0.25, 0.3) is 10.9 Å². The fourth-order valence-electron chi connectivity index (χ4n) is 4.25. The number of benzene rings is 4. The molecule has 5 rings (SSSR count). The Morgan fingerprint density at radius 2 is 1.46 bits per heavy atom. The quantitative estimate of drug-likeness (QED) is 0.212. The van der Waals surface area contributed by atoms with Gasteiger partial charge in [-0.2, -0.15) is 0 Å². The largest absolute Gasteiger partial charge is 0.496 e. The molecule has 5 nitrogen and oxygen atoms in total. The molecule has 0 aliphatic rings. The lowest BCUT2D eigenvalue weighted by Gasteiger charge is -2.25. The van der Waals surface area contributed by atoms with Gasteiger partial charge in [0.05, 0.1) is 30.0 Å². The van der Waals surface area contributed by atoms with Crippen LogP contribution in [0.4, 0.5) is 11.5 Å². The molecule has 4 aromatic carbocycles. The summed E-state index contributed by atoms with van der Waals surface area (Å²) in [5.74, 6) is 2.30. The maximum absolute atomic E-state index is 13.0. The summed E-state index contributed by atoms with van der Waals surface area (Å²) in [6.45, 7) is 2.42. The standard InChI is InChI=1S/C31H28N2O3S/c1-23(37(34)26-15-7-4-8-16-26)36-30-19-11-17-28-27(30)20-21-31(32-28)33(25-13-5-3-6-14-25)22-24-12-9-10-18-29(24)35-2/h3-21,23H,22H2,1-2H3. The maximum Gasteiger partial charge on any atom is 0.174 e. The third-order valence-electron chi connectivity index (χ3n) is 6.11. The zero-order chi connectivity index (χ0) is 25.6. The molecule has 1 heterocycles. The predicted molar refractivity (Wildman–Crippen MR) is 150 cm³/mol. The highest BCUT2D eigenvalue weighted by molar-refractivity contribution is 7.85. The van der Waals surface area contributed by atoms with Crippen molar-refractivity contribution in [3.8, 4) is 11.5 Å². The van der Waals surface area contributed by atoms with Gasteiger partial charge in [-0.05, 0) is 61.5 Å². The predicted octanol–water partition coefficient (Wildman–Crippen LogP) is 7.11. The Labute approximate surface area is 219 Å². The Balaban J connectivity index is 1.48. The van der Waals surface area contributed by atoms with E-state index in [0.717, 1.165) is 38.6 Å². The molecular formula is C31H28N2O3S. The van der Waals surface area contributed by atoms with E-state index in [4.69, 9.17) is 14.5 Å². The molecule has 0 radical (unpaired) electrons. The van der Waals surface area contributed by atoms with Gasteiger partial charge in [0.25, 0.3) is 0 Å². The summed E-state index contributed by atoms with van der Waals surface area (Å²) in [5.41, 5.74) is 2.37. The summed E-state index contributed by atoms with van der Waals surface area (Å²) in [7, 11) is 0.391. The molecular weight excluding hydrogens is 480 g/mol. The molecule has 0 saturated carbocycles. The average molecular weight is 509 g/mol. The van der Waals surface area contributed by atoms with Crippen LogP contribution in [0.2, 0.25) is 0 Å². The van der Waals surface area contributed by atoms with Crippen LogP contribution in [-0.2, 0) is 17.3 Å². The topological polar surface area (TPSA) is 51.7 Å². The van der Waals surface area contributed by atoms with Gasteiger partial charge in [0, 0.05) is 21.5 Å². The Morgan fingerprint density at radius 3 is 2.22 bits per heavy atom. The van der Waals surface area contributed by atoms with Crippen LogP contribution >= 0.6 is 0 Å². The fraction of sp³-hybridized carbons (Fsp3) is 0.129. The zero-order valence-corrected chi connectivity index (χ0v) is 21.6. The molecule has 0 amide bonds. The van der Waals surface area contributed by atoms with Crippen molar-refractivity contribution in [1.29, 1.82) is 0 Å². The second kappa shape index (κ2) is 11.3. The summed E-state index contributed by atoms with van der Waals surface area (Å²) in [4.78, 5) is 7.91. The van der Waals surface area contributed by atoms with Gasteiger partial charge < -0.3 is 14.4 Å². The van der Waals surface area contributed by atoms with Gasteiger partial charge in [0.2, 0.25) is 0 Å². The van der Waals surface area contributed by atoms with E-state index in [1.807, 2.05) is 104 Å². The van der Waals surface area contributed by atoms with Crippen LogP contribution < -0.4 is 14.4 Å². The van der Waals surface area contributed by atoms with Gasteiger partial charge in [-0.3, -0.25) is 4.21 Å². The first kappa shape index (κ1) is 24.5. The van der Waals surface area contributed by atoms with Crippen molar-refractivity contribution in [1.82, 2.24) is 4.98 Å². The lowest BCUT2D eigenvalue weighted by Crippen LogP contribution is -2.19. The first-order valence-corrected chi connectivity index (χ1v) is 13.3. The van der Waals surface area contributed by atoms with Crippen LogP contribution in [0, 0.1) is 0 Å². The third-order valence-corrected chi connectivity index (χ3v) is 7.55. The highest BCUT2D eigenvalue weighted by atomic mass is 32.2. The lowest BCUT2D eigenvalue weighted by atomic mass is 10.1. The van der Waals surface area contributed by atoms with Crippen molar-refractivity contribution in [2.45, 2.75) is 23.8 Å². The maximum atomic E-state index is 13.0. The van der Waals surface area contributed by atoms with Gasteiger partial charge in [-0.1, -0.05) is 60.7 Å². The van der Waals surface area contributed by atoms with Gasteiger partial charge in [-0.25, -0.2) is 4.98 Å². The Hall–Kier alpha value is -4.16. The lowest BCUT2D eigenvalue weighted by molar-refractivity contribution is 0.304. The summed E-state index contributed by atoms with van der Waals surface area (Å²) in [6.07, 6.45) is 0. The van der Waals surface area contributed by atoms with Gasteiger partial charge in [-0.15, -0.1) is 0 Å². The van der Waals surface area contributed by atoms with Crippen molar-refractivity contribution >= 4 is 33.2 Å².